The number of hydrogen-bond acceptors (Lipinski definition) is 6. The first-order valence-electron chi connectivity index (χ1n) is 10.4. The first-order chi connectivity index (χ1) is 15.0. The van der Waals surface area contributed by atoms with E-state index in [-0.39, 0.29) is 0 Å². The largest absolute Gasteiger partial charge is 0.497 e. The van der Waals surface area contributed by atoms with Gasteiger partial charge in [0.25, 0.3) is 0 Å². The van der Waals surface area contributed by atoms with Gasteiger partial charge in [0.05, 0.1) is 28.4 Å². The summed E-state index contributed by atoms with van der Waals surface area (Å²) in [5, 5.41) is 1.21. The Labute approximate surface area is 184 Å². The number of fused-ring (bicyclic) bond motifs is 1. The van der Waals surface area contributed by atoms with Gasteiger partial charge in [0, 0.05) is 42.8 Å². The number of nitrogens with two attached hydrogens (primary N) is 1. The molecule has 0 saturated carbocycles. The Morgan fingerprint density at radius 2 is 1.61 bits per heavy atom. The smallest absolute Gasteiger partial charge is 0.203 e. The van der Waals surface area contributed by atoms with Crippen molar-refractivity contribution in [3.63, 3.8) is 0 Å². The summed E-state index contributed by atoms with van der Waals surface area (Å²) in [6.45, 7) is 5.11. The average molecular weight is 428 g/mol. The van der Waals surface area contributed by atoms with Gasteiger partial charge in [-0.05, 0) is 54.8 Å². The Kier molecular flexibility index (Phi) is 7.65. The molecule has 0 radical (unpaired) electrons. The van der Waals surface area contributed by atoms with Crippen LogP contribution in [0.5, 0.6) is 23.0 Å². The van der Waals surface area contributed by atoms with Crippen molar-refractivity contribution in [3.8, 4) is 23.0 Å². The van der Waals surface area contributed by atoms with Crippen molar-refractivity contribution < 1.29 is 18.9 Å². The minimum absolute atomic E-state index is 0.588. The number of aryl methyl sites for hydroxylation is 1. The highest BCUT2D eigenvalue weighted by Crippen LogP contribution is 2.38. The number of benzene rings is 2. The number of H-pyrrole nitrogens is 1. The first-order valence-corrected chi connectivity index (χ1v) is 10.4. The van der Waals surface area contributed by atoms with Crippen molar-refractivity contribution in [2.24, 2.45) is 5.73 Å². The van der Waals surface area contributed by atoms with Crippen LogP contribution in [-0.2, 0) is 13.0 Å². The van der Waals surface area contributed by atoms with Gasteiger partial charge in [-0.2, -0.15) is 0 Å². The van der Waals surface area contributed by atoms with Crippen molar-refractivity contribution in [2.75, 3.05) is 48.1 Å². The Balaban J connectivity index is 1.81. The minimum Gasteiger partial charge on any atom is -0.497 e. The summed E-state index contributed by atoms with van der Waals surface area (Å²) in [7, 11) is 6.57. The maximum atomic E-state index is 5.91. The van der Waals surface area contributed by atoms with Crippen LogP contribution in [-0.4, -0.2) is 58.0 Å². The normalized spacial score (nSPS) is 11.2. The van der Waals surface area contributed by atoms with E-state index >= 15 is 0 Å². The number of aromatic amines is 1. The number of aromatic nitrogens is 1. The molecule has 0 aliphatic rings. The maximum absolute atomic E-state index is 5.91. The number of rotatable bonds is 11. The van der Waals surface area contributed by atoms with E-state index in [4.69, 9.17) is 24.7 Å². The van der Waals surface area contributed by atoms with Crippen LogP contribution < -0.4 is 24.7 Å². The zero-order chi connectivity index (χ0) is 22.4. The number of nitrogens with one attached hydrogen (secondary N) is 1. The molecule has 0 bridgehead atoms. The van der Waals surface area contributed by atoms with Crippen LogP contribution in [0.15, 0.2) is 30.3 Å². The highest BCUT2D eigenvalue weighted by molar-refractivity contribution is 5.86. The quantitative estimate of drug-likeness (QED) is 0.487. The number of nitrogens with zero attached hydrogens (tertiary/aromatic N) is 1. The summed E-state index contributed by atoms with van der Waals surface area (Å²) >= 11 is 0. The lowest BCUT2D eigenvalue weighted by molar-refractivity contribution is 0.274. The highest BCUT2D eigenvalue weighted by atomic mass is 16.5. The van der Waals surface area contributed by atoms with Gasteiger partial charge in [-0.25, -0.2) is 0 Å². The maximum Gasteiger partial charge on any atom is 0.203 e. The molecular weight excluding hydrogens is 394 g/mol. The first kappa shape index (κ1) is 22.8. The van der Waals surface area contributed by atoms with Crippen LogP contribution >= 0.6 is 0 Å². The minimum atomic E-state index is 0.588. The molecule has 3 rings (SSSR count). The molecule has 2 aromatic carbocycles. The molecule has 0 amide bonds. The van der Waals surface area contributed by atoms with Crippen LogP contribution in [0, 0.1) is 6.92 Å². The molecule has 0 aliphatic heterocycles. The van der Waals surface area contributed by atoms with Crippen molar-refractivity contribution in [1.29, 1.82) is 0 Å². The standard InChI is InChI=1S/C24H33N3O4/c1-16-19(20-14-18(28-2)6-7-21(20)26-16)8-10-27(11-9-25)15-17-12-22(29-3)24(31-5)23(13-17)30-4/h6-7,12-14,26H,8-11,15,25H2,1-5H3. The third-order valence-corrected chi connectivity index (χ3v) is 5.58. The van der Waals surface area contributed by atoms with Gasteiger partial charge >= 0.3 is 0 Å². The van der Waals surface area contributed by atoms with E-state index < -0.39 is 0 Å². The summed E-state index contributed by atoms with van der Waals surface area (Å²) in [6, 6.07) is 10.1. The Morgan fingerprint density at radius 3 is 2.19 bits per heavy atom. The molecule has 0 spiro atoms. The molecule has 0 aliphatic carbocycles. The molecule has 0 atom stereocenters. The summed E-state index contributed by atoms with van der Waals surface area (Å²) < 4.78 is 21.9. The predicted octanol–water partition coefficient (Wildman–Crippen LogP) is 3.51. The molecule has 7 nitrogen and oxygen atoms in total. The second-order valence-corrected chi connectivity index (χ2v) is 7.49. The molecule has 3 N–H and O–H groups in total. The Morgan fingerprint density at radius 1 is 0.903 bits per heavy atom. The van der Waals surface area contributed by atoms with Crippen LogP contribution in [0.1, 0.15) is 16.8 Å². The van der Waals surface area contributed by atoms with E-state index in [9.17, 15) is 0 Å². The fourth-order valence-corrected chi connectivity index (χ4v) is 4.02. The summed E-state index contributed by atoms with van der Waals surface area (Å²) in [5.74, 6) is 2.78. The SMILES string of the molecule is COc1ccc2[nH]c(C)c(CCN(CCN)Cc3cc(OC)c(OC)c(OC)c3)c2c1. The summed E-state index contributed by atoms with van der Waals surface area (Å²) in [4.78, 5) is 5.83. The lowest BCUT2D eigenvalue weighted by Crippen LogP contribution is -2.31. The highest BCUT2D eigenvalue weighted by Gasteiger charge is 2.16. The van der Waals surface area contributed by atoms with Crippen molar-refractivity contribution in [1.82, 2.24) is 9.88 Å². The number of hydrogen-bond donors (Lipinski definition) is 2. The van der Waals surface area contributed by atoms with Crippen molar-refractivity contribution in [2.45, 2.75) is 19.9 Å². The fourth-order valence-electron chi connectivity index (χ4n) is 4.02. The Bertz CT molecular complexity index is 990. The van der Waals surface area contributed by atoms with Gasteiger partial charge in [-0.3, -0.25) is 4.90 Å². The molecule has 31 heavy (non-hydrogen) atoms. The van der Waals surface area contributed by atoms with Crippen molar-refractivity contribution in [3.05, 3.63) is 47.2 Å². The predicted molar refractivity (Wildman–Crippen MR) is 124 cm³/mol. The van der Waals surface area contributed by atoms with E-state index in [1.54, 1.807) is 28.4 Å². The second-order valence-electron chi connectivity index (χ2n) is 7.49. The van der Waals surface area contributed by atoms with Crippen LogP contribution in [0.25, 0.3) is 10.9 Å². The van der Waals surface area contributed by atoms with E-state index in [1.807, 2.05) is 18.2 Å². The number of methoxy groups -OCH3 is 4. The molecular formula is C24H33N3O4. The van der Waals surface area contributed by atoms with Crippen molar-refractivity contribution >= 4 is 10.9 Å². The fraction of sp³-hybridized carbons (Fsp3) is 0.417. The molecule has 0 fully saturated rings. The molecule has 1 aromatic heterocycles. The molecule has 3 aromatic rings. The summed E-state index contributed by atoms with van der Waals surface area (Å²) in [5.41, 5.74) is 10.6. The molecule has 168 valence electrons. The zero-order valence-corrected chi connectivity index (χ0v) is 19.1. The molecule has 0 saturated heterocycles. The van der Waals surface area contributed by atoms with Gasteiger partial charge < -0.3 is 29.7 Å². The number of ether oxygens (including phenoxy) is 4. The van der Waals surface area contributed by atoms with Crippen LogP contribution in [0.2, 0.25) is 0 Å². The summed E-state index contributed by atoms with van der Waals surface area (Å²) in [6.07, 6.45) is 0.906. The molecule has 0 unspecified atom stereocenters. The van der Waals surface area contributed by atoms with Crippen LogP contribution in [0.3, 0.4) is 0 Å². The van der Waals surface area contributed by atoms with E-state index in [2.05, 4.69) is 28.9 Å². The lowest BCUT2D eigenvalue weighted by Gasteiger charge is -2.23. The third-order valence-electron chi connectivity index (χ3n) is 5.58. The monoisotopic (exact) mass is 427 g/mol. The topological polar surface area (TPSA) is 82.0 Å². The second kappa shape index (κ2) is 10.4. The van der Waals surface area contributed by atoms with E-state index in [0.29, 0.717) is 23.8 Å². The zero-order valence-electron chi connectivity index (χ0n) is 19.1. The Hall–Kier alpha value is -2.90. The van der Waals surface area contributed by atoms with Crippen LogP contribution in [0.4, 0.5) is 0 Å². The van der Waals surface area contributed by atoms with Gasteiger partial charge in [0.15, 0.2) is 11.5 Å². The van der Waals surface area contributed by atoms with Gasteiger partial charge in [0.1, 0.15) is 5.75 Å². The van der Waals surface area contributed by atoms with E-state index in [1.165, 1.54) is 16.6 Å². The van der Waals surface area contributed by atoms with Gasteiger partial charge in [-0.1, -0.05) is 0 Å². The van der Waals surface area contributed by atoms with Gasteiger partial charge in [0.2, 0.25) is 5.75 Å². The van der Waals surface area contributed by atoms with Gasteiger partial charge in [-0.15, -0.1) is 0 Å². The van der Waals surface area contributed by atoms with E-state index in [0.717, 1.165) is 42.9 Å². The molecule has 7 heteroatoms. The average Bonchev–Trinajstić information content (AvgIpc) is 3.10. The molecule has 1 heterocycles. The third kappa shape index (κ3) is 5.06. The lowest BCUT2D eigenvalue weighted by atomic mass is 10.1.